The van der Waals surface area contributed by atoms with Crippen molar-refractivity contribution in [2.24, 2.45) is 10.9 Å². The van der Waals surface area contributed by atoms with Crippen LogP contribution in [-0.4, -0.2) is 31.2 Å². The van der Waals surface area contributed by atoms with Crippen LogP contribution in [0.3, 0.4) is 0 Å². The monoisotopic (exact) mass is 365 g/mol. The van der Waals surface area contributed by atoms with Gasteiger partial charge in [0.1, 0.15) is 5.75 Å². The van der Waals surface area contributed by atoms with Gasteiger partial charge in [0.05, 0.1) is 19.3 Å². The number of para-hydroxylation sites is 1. The molecule has 0 bridgehead atoms. The number of barbiturate groups is 1. The molecular weight excluding hydrogens is 346 g/mol. The van der Waals surface area contributed by atoms with Gasteiger partial charge in [0.15, 0.2) is 5.92 Å². The molecule has 1 heterocycles. The average molecular weight is 365 g/mol. The molecule has 7 nitrogen and oxygen atoms in total. The number of benzene rings is 2. The summed E-state index contributed by atoms with van der Waals surface area (Å²) < 4.78 is 5.26. The van der Waals surface area contributed by atoms with Crippen molar-refractivity contribution >= 4 is 29.7 Å². The lowest BCUT2D eigenvalue weighted by Crippen LogP contribution is -2.58. The van der Waals surface area contributed by atoms with Gasteiger partial charge in [-0.2, -0.15) is 0 Å². The molecule has 0 aromatic heterocycles. The molecule has 1 aliphatic rings. The quantitative estimate of drug-likeness (QED) is 0.651. The normalized spacial score (nSPS) is 17.3. The second-order valence-corrected chi connectivity index (χ2v) is 6.08. The summed E-state index contributed by atoms with van der Waals surface area (Å²) in [7, 11) is 1.56. The van der Waals surface area contributed by atoms with Crippen LogP contribution in [0.15, 0.2) is 53.5 Å². The number of rotatable bonds is 5. The van der Waals surface area contributed by atoms with E-state index in [1.165, 1.54) is 6.21 Å². The molecule has 138 valence electrons. The van der Waals surface area contributed by atoms with Gasteiger partial charge < -0.3 is 4.74 Å². The lowest BCUT2D eigenvalue weighted by atomic mass is 10.1. The number of nitrogens with zero attached hydrogens (tertiary/aromatic N) is 2. The third-order valence-corrected chi connectivity index (χ3v) is 4.20. The van der Waals surface area contributed by atoms with Crippen molar-refractivity contribution in [3.8, 4) is 5.75 Å². The molecule has 2 aromatic carbocycles. The highest BCUT2D eigenvalue weighted by molar-refractivity contribution is 6.32. The first-order valence-corrected chi connectivity index (χ1v) is 8.38. The van der Waals surface area contributed by atoms with Crippen LogP contribution in [0.2, 0.25) is 0 Å². The smallest absolute Gasteiger partial charge is 0.335 e. The number of nitrogens with one attached hydrogen (secondary N) is 1. The minimum atomic E-state index is -1.17. The van der Waals surface area contributed by atoms with Gasteiger partial charge in [-0.1, -0.05) is 35.9 Å². The molecule has 1 aliphatic heterocycles. The average Bonchev–Trinajstić information content (AvgIpc) is 2.66. The number of aliphatic imine (C=N–C) groups is 1. The molecule has 1 fully saturated rings. The highest BCUT2D eigenvalue weighted by Crippen LogP contribution is 2.21. The summed E-state index contributed by atoms with van der Waals surface area (Å²) in [5.41, 5.74) is 2.22. The van der Waals surface area contributed by atoms with Crippen LogP contribution in [0.25, 0.3) is 0 Å². The number of methoxy groups -OCH3 is 1. The van der Waals surface area contributed by atoms with Gasteiger partial charge in [0.2, 0.25) is 5.91 Å². The van der Waals surface area contributed by atoms with E-state index in [2.05, 4.69) is 10.3 Å². The molecule has 0 aliphatic carbocycles. The van der Waals surface area contributed by atoms with Crippen LogP contribution in [0.5, 0.6) is 5.75 Å². The van der Waals surface area contributed by atoms with Crippen LogP contribution in [0.1, 0.15) is 11.1 Å². The first-order valence-electron chi connectivity index (χ1n) is 8.38. The number of imide groups is 2. The lowest BCUT2D eigenvalue weighted by molar-refractivity contribution is -0.131. The van der Waals surface area contributed by atoms with Crippen LogP contribution in [-0.2, 0) is 16.1 Å². The van der Waals surface area contributed by atoms with E-state index in [0.717, 1.165) is 16.0 Å². The molecule has 7 heteroatoms. The molecule has 1 atom stereocenters. The molecule has 1 N–H and O–H groups in total. The van der Waals surface area contributed by atoms with Gasteiger partial charge in [-0.15, -0.1) is 0 Å². The summed E-state index contributed by atoms with van der Waals surface area (Å²) in [4.78, 5) is 42.2. The zero-order valence-electron chi connectivity index (χ0n) is 15.0. The second-order valence-electron chi connectivity index (χ2n) is 6.08. The minimum absolute atomic E-state index is 0.250. The lowest BCUT2D eigenvalue weighted by Gasteiger charge is -2.28. The number of carbonyl (C=O) groups excluding carboxylic acids is 3. The third-order valence-electron chi connectivity index (χ3n) is 4.20. The Morgan fingerprint density at radius 1 is 1.11 bits per heavy atom. The molecule has 0 unspecified atom stereocenters. The summed E-state index contributed by atoms with van der Waals surface area (Å²) in [6.07, 6.45) is 1.28. The van der Waals surface area contributed by atoms with Gasteiger partial charge in [-0.25, -0.2) is 9.69 Å². The van der Waals surface area contributed by atoms with Crippen molar-refractivity contribution in [1.82, 2.24) is 5.32 Å². The van der Waals surface area contributed by atoms with E-state index < -0.39 is 23.8 Å². The number of hydrogen-bond acceptors (Lipinski definition) is 5. The van der Waals surface area contributed by atoms with E-state index in [-0.39, 0.29) is 6.54 Å². The Morgan fingerprint density at radius 3 is 2.52 bits per heavy atom. The fourth-order valence-corrected chi connectivity index (χ4v) is 2.75. The standard InChI is InChI=1S/C20H19N3O4/c1-13-7-9-15(10-8-13)23-19(25)16(18(24)22-20(23)26)12-21-11-14-5-3-4-6-17(14)27-2/h3-10,12,16H,11H2,1-2H3,(H,22,24,26)/t16-/m1/s1. The van der Waals surface area contributed by atoms with E-state index >= 15 is 0 Å². The van der Waals surface area contributed by atoms with E-state index in [1.807, 2.05) is 25.1 Å². The first kappa shape index (κ1) is 18.3. The molecule has 0 radical (unpaired) electrons. The van der Waals surface area contributed by atoms with Crippen LogP contribution in [0, 0.1) is 12.8 Å². The molecule has 27 heavy (non-hydrogen) atoms. The van der Waals surface area contributed by atoms with Crippen LogP contribution in [0.4, 0.5) is 10.5 Å². The summed E-state index contributed by atoms with van der Waals surface area (Å²) in [5, 5.41) is 2.21. The van der Waals surface area contributed by atoms with Gasteiger partial charge >= 0.3 is 6.03 Å². The predicted octanol–water partition coefficient (Wildman–Crippen LogP) is 2.47. The molecule has 2 aromatic rings. The Bertz CT molecular complexity index is 906. The molecular formula is C20H19N3O4. The van der Waals surface area contributed by atoms with Crippen molar-refractivity contribution in [3.05, 3.63) is 59.7 Å². The number of amides is 4. The van der Waals surface area contributed by atoms with E-state index in [1.54, 1.807) is 37.4 Å². The zero-order chi connectivity index (χ0) is 19.4. The molecule has 3 rings (SSSR count). The first-order chi connectivity index (χ1) is 13.0. The molecule has 0 saturated carbocycles. The molecule has 1 saturated heterocycles. The van der Waals surface area contributed by atoms with Gasteiger partial charge in [-0.05, 0) is 25.1 Å². The highest BCUT2D eigenvalue weighted by atomic mass is 16.5. The summed E-state index contributed by atoms with van der Waals surface area (Å²) in [6, 6.07) is 13.5. The SMILES string of the molecule is COc1ccccc1CN=C[C@@H]1C(=O)NC(=O)N(c2ccc(C)cc2)C1=O. The number of hydrogen-bond donors (Lipinski definition) is 1. The maximum Gasteiger partial charge on any atom is 0.335 e. The third kappa shape index (κ3) is 3.87. The topological polar surface area (TPSA) is 88.1 Å². The van der Waals surface area contributed by atoms with Crippen molar-refractivity contribution in [1.29, 1.82) is 0 Å². The fourth-order valence-electron chi connectivity index (χ4n) is 2.75. The van der Waals surface area contributed by atoms with Gasteiger partial charge in [-0.3, -0.25) is 19.9 Å². The van der Waals surface area contributed by atoms with Crippen molar-refractivity contribution in [3.63, 3.8) is 0 Å². The van der Waals surface area contributed by atoms with Crippen molar-refractivity contribution in [2.45, 2.75) is 13.5 Å². The van der Waals surface area contributed by atoms with Crippen molar-refractivity contribution in [2.75, 3.05) is 12.0 Å². The number of carbonyl (C=O) groups is 3. The van der Waals surface area contributed by atoms with Crippen LogP contribution >= 0.6 is 0 Å². The Morgan fingerprint density at radius 2 is 1.81 bits per heavy atom. The van der Waals surface area contributed by atoms with E-state index in [4.69, 9.17) is 4.74 Å². The summed E-state index contributed by atoms with van der Waals surface area (Å²) >= 11 is 0. The molecule has 0 spiro atoms. The Balaban J connectivity index is 1.80. The fraction of sp³-hybridized carbons (Fsp3) is 0.200. The summed E-state index contributed by atoms with van der Waals surface area (Å²) in [5.74, 6) is -1.81. The van der Waals surface area contributed by atoms with Gasteiger partial charge in [0, 0.05) is 11.8 Å². The van der Waals surface area contributed by atoms with Gasteiger partial charge in [0.25, 0.3) is 5.91 Å². The molecule has 4 amide bonds. The number of urea groups is 1. The van der Waals surface area contributed by atoms with E-state index in [9.17, 15) is 14.4 Å². The van der Waals surface area contributed by atoms with E-state index in [0.29, 0.717) is 11.4 Å². The maximum atomic E-state index is 12.7. The maximum absolute atomic E-state index is 12.7. The number of aryl methyl sites for hydroxylation is 1. The zero-order valence-corrected chi connectivity index (χ0v) is 15.0. The largest absolute Gasteiger partial charge is 0.496 e. The number of anilines is 1. The highest BCUT2D eigenvalue weighted by Gasteiger charge is 2.40. The second kappa shape index (κ2) is 7.82. The summed E-state index contributed by atoms with van der Waals surface area (Å²) in [6.45, 7) is 2.15. The predicted molar refractivity (Wildman–Crippen MR) is 101 cm³/mol. The minimum Gasteiger partial charge on any atom is -0.496 e. The Kier molecular flexibility index (Phi) is 5.30. The van der Waals surface area contributed by atoms with Crippen molar-refractivity contribution < 1.29 is 19.1 Å². The Hall–Kier alpha value is -3.48. The van der Waals surface area contributed by atoms with Crippen LogP contribution < -0.4 is 15.0 Å². The Labute approximate surface area is 156 Å². The number of ether oxygens (including phenoxy) is 1.